The van der Waals surface area contributed by atoms with E-state index >= 15 is 0 Å². The molecule has 0 saturated carbocycles. The first-order valence-corrected chi connectivity index (χ1v) is 5.46. The molecule has 0 aliphatic carbocycles. The Morgan fingerprint density at radius 1 is 1.50 bits per heavy atom. The fourth-order valence-corrected chi connectivity index (χ4v) is 1.62. The smallest absolute Gasteiger partial charge is 0.149 e. The van der Waals surface area contributed by atoms with Crippen LogP contribution >= 0.6 is 0 Å². The van der Waals surface area contributed by atoms with Gasteiger partial charge in [0.15, 0.2) is 0 Å². The number of aromatic nitrogens is 1. The summed E-state index contributed by atoms with van der Waals surface area (Å²) in [6.07, 6.45) is 2.67. The Bertz CT molecular complexity index is 363. The van der Waals surface area contributed by atoms with E-state index in [4.69, 9.17) is 15.9 Å². The van der Waals surface area contributed by atoms with Crippen molar-refractivity contribution in [3.63, 3.8) is 0 Å². The Labute approximate surface area is 96.3 Å². The molecule has 0 saturated heterocycles. The van der Waals surface area contributed by atoms with Crippen LogP contribution < -0.4 is 10.5 Å². The van der Waals surface area contributed by atoms with Gasteiger partial charge in [-0.25, -0.2) is 4.98 Å². The molecule has 0 aromatic carbocycles. The van der Waals surface area contributed by atoms with Crippen molar-refractivity contribution in [3.05, 3.63) is 24.0 Å². The first-order valence-electron chi connectivity index (χ1n) is 5.46. The molecule has 0 spiro atoms. The predicted molar refractivity (Wildman–Crippen MR) is 64.8 cm³/mol. The van der Waals surface area contributed by atoms with Gasteiger partial charge in [0.05, 0.1) is 6.10 Å². The quantitative estimate of drug-likeness (QED) is 0.591. The van der Waals surface area contributed by atoms with Crippen molar-refractivity contribution in [1.29, 1.82) is 5.41 Å². The predicted octanol–water partition coefficient (Wildman–Crippen LogP) is 2.18. The van der Waals surface area contributed by atoms with Gasteiger partial charge in [0.2, 0.25) is 0 Å². The van der Waals surface area contributed by atoms with Crippen LogP contribution in [0.2, 0.25) is 0 Å². The highest BCUT2D eigenvalue weighted by Crippen LogP contribution is 2.18. The fourth-order valence-electron chi connectivity index (χ4n) is 1.62. The molecule has 1 rings (SSSR count). The zero-order valence-corrected chi connectivity index (χ0v) is 10.0. The van der Waals surface area contributed by atoms with E-state index in [1.165, 1.54) is 0 Å². The minimum atomic E-state index is -0.0626. The lowest BCUT2D eigenvalue weighted by Gasteiger charge is -2.17. The van der Waals surface area contributed by atoms with Gasteiger partial charge >= 0.3 is 0 Å². The van der Waals surface area contributed by atoms with E-state index < -0.39 is 0 Å². The maximum atomic E-state index is 7.40. The van der Waals surface area contributed by atoms with Crippen molar-refractivity contribution in [3.8, 4) is 5.75 Å². The Hall–Kier alpha value is -1.58. The number of ether oxygens (including phenoxy) is 1. The molecule has 0 fully saturated rings. The third-order valence-electron chi connectivity index (χ3n) is 2.16. The second-order valence-electron chi connectivity index (χ2n) is 4.32. The van der Waals surface area contributed by atoms with Crippen molar-refractivity contribution >= 4 is 5.84 Å². The van der Waals surface area contributed by atoms with Crippen LogP contribution in [0.1, 0.15) is 32.9 Å². The minimum absolute atomic E-state index is 0.0626. The Balaban J connectivity index is 2.76. The van der Waals surface area contributed by atoms with Crippen molar-refractivity contribution in [2.75, 3.05) is 0 Å². The first kappa shape index (κ1) is 12.5. The molecule has 1 heterocycles. The van der Waals surface area contributed by atoms with Gasteiger partial charge in [-0.2, -0.15) is 0 Å². The van der Waals surface area contributed by atoms with Crippen molar-refractivity contribution in [2.24, 2.45) is 11.7 Å². The van der Waals surface area contributed by atoms with E-state index in [9.17, 15) is 0 Å². The van der Waals surface area contributed by atoms with Crippen LogP contribution in [0.4, 0.5) is 0 Å². The topological polar surface area (TPSA) is 72.0 Å². The molecule has 4 nitrogen and oxygen atoms in total. The van der Waals surface area contributed by atoms with Gasteiger partial charge in [-0.05, 0) is 31.4 Å². The molecular weight excluding hydrogens is 202 g/mol. The van der Waals surface area contributed by atoms with Gasteiger partial charge in [0, 0.05) is 6.20 Å². The summed E-state index contributed by atoms with van der Waals surface area (Å²) < 4.78 is 5.73. The van der Waals surface area contributed by atoms with Crippen LogP contribution in [0, 0.1) is 11.3 Å². The molecule has 0 aliphatic rings. The lowest BCUT2D eigenvalue weighted by molar-refractivity contribution is 0.192. The molecule has 4 heteroatoms. The van der Waals surface area contributed by atoms with E-state index in [1.54, 1.807) is 18.3 Å². The summed E-state index contributed by atoms with van der Waals surface area (Å²) in [5.41, 5.74) is 5.85. The van der Waals surface area contributed by atoms with Crippen LogP contribution in [0.3, 0.4) is 0 Å². The second kappa shape index (κ2) is 5.49. The summed E-state index contributed by atoms with van der Waals surface area (Å²) in [6, 6.07) is 3.57. The van der Waals surface area contributed by atoms with Gasteiger partial charge in [0.1, 0.15) is 17.3 Å². The second-order valence-corrected chi connectivity index (χ2v) is 4.32. The number of pyridine rings is 1. The Morgan fingerprint density at radius 2 is 2.19 bits per heavy atom. The number of hydrogen-bond acceptors (Lipinski definition) is 3. The lowest BCUT2D eigenvalue weighted by atomic mass is 10.1. The van der Waals surface area contributed by atoms with Crippen LogP contribution in [0.15, 0.2) is 18.3 Å². The summed E-state index contributed by atoms with van der Waals surface area (Å²) in [6.45, 7) is 6.31. The minimum Gasteiger partial charge on any atom is -0.488 e. The van der Waals surface area contributed by atoms with E-state index in [2.05, 4.69) is 18.8 Å². The number of amidine groups is 1. The average Bonchev–Trinajstić information content (AvgIpc) is 2.16. The molecule has 1 aromatic heterocycles. The molecule has 0 aliphatic heterocycles. The summed E-state index contributed by atoms with van der Waals surface area (Å²) in [5.74, 6) is 1.10. The van der Waals surface area contributed by atoms with Gasteiger partial charge in [-0.3, -0.25) is 5.41 Å². The molecule has 0 bridgehead atoms. The molecule has 3 N–H and O–H groups in total. The summed E-state index contributed by atoms with van der Waals surface area (Å²) in [5, 5.41) is 7.40. The molecule has 16 heavy (non-hydrogen) atoms. The van der Waals surface area contributed by atoms with Crippen molar-refractivity contribution in [2.45, 2.75) is 33.3 Å². The fraction of sp³-hybridized carbons (Fsp3) is 0.500. The van der Waals surface area contributed by atoms with Crippen LogP contribution in [0.25, 0.3) is 0 Å². The highest BCUT2D eigenvalue weighted by molar-refractivity contribution is 5.95. The summed E-state index contributed by atoms with van der Waals surface area (Å²) in [7, 11) is 0. The van der Waals surface area contributed by atoms with Crippen molar-refractivity contribution in [1.82, 2.24) is 4.98 Å². The monoisotopic (exact) mass is 221 g/mol. The van der Waals surface area contributed by atoms with Crippen LogP contribution in [-0.4, -0.2) is 16.9 Å². The zero-order chi connectivity index (χ0) is 12.1. The van der Waals surface area contributed by atoms with Crippen LogP contribution in [-0.2, 0) is 0 Å². The average molecular weight is 221 g/mol. The summed E-state index contributed by atoms with van der Waals surface area (Å²) in [4.78, 5) is 4.04. The lowest BCUT2D eigenvalue weighted by Crippen LogP contribution is -2.19. The first-order chi connectivity index (χ1) is 7.50. The highest BCUT2D eigenvalue weighted by Gasteiger charge is 2.12. The number of nitrogens with two attached hydrogens (primary N) is 1. The molecular formula is C12H19N3O. The molecule has 1 aromatic rings. The molecule has 88 valence electrons. The van der Waals surface area contributed by atoms with Gasteiger partial charge < -0.3 is 10.5 Å². The normalized spacial score (nSPS) is 12.5. The van der Waals surface area contributed by atoms with E-state index in [0.717, 1.165) is 6.42 Å². The van der Waals surface area contributed by atoms with Crippen LogP contribution in [0.5, 0.6) is 5.75 Å². The third kappa shape index (κ3) is 3.53. The number of hydrogen-bond donors (Lipinski definition) is 2. The van der Waals surface area contributed by atoms with E-state index in [0.29, 0.717) is 17.4 Å². The van der Waals surface area contributed by atoms with Gasteiger partial charge in [0.25, 0.3) is 0 Å². The number of nitrogens with zero attached hydrogens (tertiary/aromatic N) is 1. The summed E-state index contributed by atoms with van der Waals surface area (Å²) >= 11 is 0. The number of nitrogen functional groups attached to an aromatic ring is 1. The zero-order valence-electron chi connectivity index (χ0n) is 10.0. The van der Waals surface area contributed by atoms with E-state index in [1.807, 2.05) is 6.92 Å². The molecule has 0 radical (unpaired) electrons. The Morgan fingerprint density at radius 3 is 2.75 bits per heavy atom. The molecule has 1 atom stereocenters. The SMILES string of the molecule is CC(C)CC(C)Oc1cccnc1C(=N)N. The highest BCUT2D eigenvalue weighted by atomic mass is 16.5. The van der Waals surface area contributed by atoms with E-state index in [-0.39, 0.29) is 11.9 Å². The third-order valence-corrected chi connectivity index (χ3v) is 2.16. The van der Waals surface area contributed by atoms with Gasteiger partial charge in [-0.15, -0.1) is 0 Å². The Kier molecular flexibility index (Phi) is 4.28. The molecule has 1 unspecified atom stereocenters. The van der Waals surface area contributed by atoms with Crippen molar-refractivity contribution < 1.29 is 4.74 Å². The maximum Gasteiger partial charge on any atom is 0.149 e. The van der Waals surface area contributed by atoms with Gasteiger partial charge in [-0.1, -0.05) is 13.8 Å². The number of nitrogens with one attached hydrogen (secondary N) is 1. The standard InChI is InChI=1S/C12H19N3O/c1-8(2)7-9(3)16-10-5-4-6-15-11(10)12(13)14/h4-6,8-9H,7H2,1-3H3,(H3,13,14). The molecule has 0 amide bonds. The largest absolute Gasteiger partial charge is 0.488 e. The number of rotatable bonds is 5. The maximum absolute atomic E-state index is 7.40.